The lowest BCUT2D eigenvalue weighted by Crippen LogP contribution is -2.75. The molecule has 0 radical (unpaired) electrons. The maximum atomic E-state index is 14.3. The Morgan fingerprint density at radius 3 is 2.33 bits per heavy atom. The molecule has 4 aliphatic carbocycles. The summed E-state index contributed by atoms with van der Waals surface area (Å²) < 4.78 is 10.9. The third kappa shape index (κ3) is 3.07. The highest BCUT2D eigenvalue weighted by Gasteiger charge is 2.77. The van der Waals surface area contributed by atoms with E-state index in [0.717, 1.165) is 5.56 Å². The van der Waals surface area contributed by atoms with Crippen molar-refractivity contribution in [2.45, 2.75) is 84.5 Å². The maximum Gasteiger partial charge on any atom is 0.302 e. The summed E-state index contributed by atoms with van der Waals surface area (Å²) in [4.78, 5) is 40.1. The van der Waals surface area contributed by atoms with Crippen LogP contribution in [0.4, 0.5) is 0 Å². The van der Waals surface area contributed by atoms with Gasteiger partial charge < -0.3 is 24.5 Å². The van der Waals surface area contributed by atoms with Crippen LogP contribution in [-0.2, 0) is 19.1 Å². The molecular weight excluding hydrogens is 464 g/mol. The van der Waals surface area contributed by atoms with E-state index in [2.05, 4.69) is 0 Å². The molecule has 10 atom stereocenters. The van der Waals surface area contributed by atoms with Gasteiger partial charge in [-0.1, -0.05) is 27.7 Å². The fraction of sp³-hybridized carbons (Fsp3) is 0.750. The van der Waals surface area contributed by atoms with Crippen LogP contribution in [0.15, 0.2) is 23.0 Å². The molecule has 0 bridgehead atoms. The topological polar surface area (TPSA) is 134 Å². The Hall–Kier alpha value is -2.03. The van der Waals surface area contributed by atoms with Crippen molar-refractivity contribution >= 4 is 17.5 Å². The fourth-order valence-electron chi connectivity index (χ4n) is 9.42. The molecule has 5 rings (SSSR count). The molecule has 0 unspecified atom stereocenters. The lowest BCUT2D eigenvalue weighted by Gasteiger charge is -2.69. The second kappa shape index (κ2) is 7.98. The molecule has 4 saturated carbocycles. The maximum absolute atomic E-state index is 14.3. The first-order valence-corrected chi connectivity index (χ1v) is 13.0. The number of esters is 1. The van der Waals surface area contributed by atoms with Crippen LogP contribution < -0.4 is 0 Å². The predicted molar refractivity (Wildman–Crippen MR) is 127 cm³/mol. The lowest BCUT2D eigenvalue weighted by molar-refractivity contribution is -0.280. The van der Waals surface area contributed by atoms with Crippen LogP contribution >= 0.6 is 0 Å². The number of hydrogen-bond donors (Lipinski definition) is 3. The number of ketones is 2. The number of ether oxygens (including phenoxy) is 1. The zero-order chi connectivity index (χ0) is 26.4. The first-order chi connectivity index (χ1) is 16.7. The molecule has 0 aromatic carbocycles. The van der Waals surface area contributed by atoms with Gasteiger partial charge in [0, 0.05) is 54.8 Å². The number of carbonyl (C=O) groups is 3. The number of Topliss-reactive ketones (excluding diaryl/α,β-unsaturated/α-hetero) is 2. The smallest absolute Gasteiger partial charge is 0.302 e. The van der Waals surface area contributed by atoms with E-state index < -0.39 is 63.7 Å². The van der Waals surface area contributed by atoms with Crippen molar-refractivity contribution in [1.29, 1.82) is 0 Å². The fourth-order valence-corrected chi connectivity index (χ4v) is 9.42. The Labute approximate surface area is 211 Å². The molecule has 0 spiro atoms. The van der Waals surface area contributed by atoms with Crippen molar-refractivity contribution in [2.24, 2.45) is 39.4 Å². The van der Waals surface area contributed by atoms with Gasteiger partial charge in [0.1, 0.15) is 18.2 Å². The van der Waals surface area contributed by atoms with E-state index in [-0.39, 0.29) is 49.8 Å². The summed E-state index contributed by atoms with van der Waals surface area (Å²) in [6, 6.07) is 1.83. The van der Waals surface area contributed by atoms with Gasteiger partial charge in [-0.25, -0.2) is 0 Å². The Morgan fingerprint density at radius 1 is 1.03 bits per heavy atom. The Morgan fingerprint density at radius 2 is 1.72 bits per heavy atom. The van der Waals surface area contributed by atoms with Crippen molar-refractivity contribution in [3.05, 3.63) is 24.2 Å². The molecule has 1 aromatic rings. The van der Waals surface area contributed by atoms with E-state index in [9.17, 15) is 29.7 Å². The van der Waals surface area contributed by atoms with Gasteiger partial charge in [-0.2, -0.15) is 0 Å². The van der Waals surface area contributed by atoms with Gasteiger partial charge in [-0.15, -0.1) is 0 Å². The molecule has 8 nitrogen and oxygen atoms in total. The van der Waals surface area contributed by atoms with Crippen LogP contribution in [0.25, 0.3) is 0 Å². The predicted octanol–water partition coefficient (Wildman–Crippen LogP) is 2.64. The first kappa shape index (κ1) is 25.6. The van der Waals surface area contributed by atoms with Crippen LogP contribution in [0.5, 0.6) is 0 Å². The van der Waals surface area contributed by atoms with Crippen LogP contribution in [0.1, 0.15) is 71.8 Å². The standard InChI is InChI=1S/C28H38O8/c1-14(29)36-13-28-19(25(2,3)20(32)10-22(28)34)9-21(33)27(5)23-17(30)8-16(15-6-7-35-12-15)26(23,4)11-18(31)24(27)28/h6-7,12,16,19-24,32-34H,8-11,13H2,1-5H3/t16-,19-,20-,21+,22-,23+,24-,26-,27-,28+/m0/s1. The van der Waals surface area contributed by atoms with Crippen LogP contribution in [0.3, 0.4) is 0 Å². The van der Waals surface area contributed by atoms with E-state index in [1.165, 1.54) is 6.92 Å². The van der Waals surface area contributed by atoms with Gasteiger partial charge in [0.05, 0.1) is 30.8 Å². The normalized spacial score (nSPS) is 47.6. The van der Waals surface area contributed by atoms with Crippen molar-refractivity contribution < 1.29 is 38.9 Å². The van der Waals surface area contributed by atoms with Crippen molar-refractivity contribution in [3.63, 3.8) is 0 Å². The quantitative estimate of drug-likeness (QED) is 0.537. The van der Waals surface area contributed by atoms with Gasteiger partial charge in [0.2, 0.25) is 0 Å². The summed E-state index contributed by atoms with van der Waals surface area (Å²) >= 11 is 0. The monoisotopic (exact) mass is 502 g/mol. The summed E-state index contributed by atoms with van der Waals surface area (Å²) in [5, 5.41) is 34.4. The number of furan rings is 1. The second-order valence-corrected chi connectivity index (χ2v) is 12.9. The van der Waals surface area contributed by atoms with Gasteiger partial charge in [0.25, 0.3) is 0 Å². The molecule has 4 fully saturated rings. The van der Waals surface area contributed by atoms with Crippen LogP contribution in [-0.4, -0.2) is 57.8 Å². The van der Waals surface area contributed by atoms with Crippen LogP contribution in [0, 0.1) is 39.4 Å². The van der Waals surface area contributed by atoms with Crippen molar-refractivity contribution in [3.8, 4) is 0 Å². The third-order valence-electron chi connectivity index (χ3n) is 11.0. The number of rotatable bonds is 3. The molecule has 0 aliphatic heterocycles. The molecule has 8 heteroatoms. The summed E-state index contributed by atoms with van der Waals surface area (Å²) in [5.41, 5.74) is -3.02. The zero-order valence-corrected chi connectivity index (χ0v) is 21.7. The summed E-state index contributed by atoms with van der Waals surface area (Å²) in [7, 11) is 0. The molecule has 3 N–H and O–H groups in total. The Bertz CT molecular complexity index is 1080. The van der Waals surface area contributed by atoms with Gasteiger partial charge in [0.15, 0.2) is 0 Å². The average Bonchev–Trinajstić information content (AvgIpc) is 3.38. The molecule has 36 heavy (non-hydrogen) atoms. The minimum Gasteiger partial charge on any atom is -0.472 e. The SMILES string of the molecule is CC(=O)OC[C@]12[C@@H](O)C[C@H](O)C(C)(C)[C@@H]1C[C@@H](O)[C@@]1(C)[C@@H]3C(=O)C[C@@H](c4ccoc4)[C@]3(C)CC(=O)[C@@H]12. The summed E-state index contributed by atoms with van der Waals surface area (Å²) in [5.74, 6) is -2.94. The average molecular weight is 503 g/mol. The zero-order valence-electron chi connectivity index (χ0n) is 21.7. The highest BCUT2D eigenvalue weighted by molar-refractivity contribution is 5.94. The molecule has 198 valence electrons. The number of aliphatic hydroxyl groups excluding tert-OH is 3. The molecular formula is C28H38O8. The highest BCUT2D eigenvalue weighted by atomic mass is 16.5. The van der Waals surface area contributed by atoms with Crippen molar-refractivity contribution in [1.82, 2.24) is 0 Å². The number of hydrogen-bond acceptors (Lipinski definition) is 8. The highest BCUT2D eigenvalue weighted by Crippen LogP contribution is 2.73. The summed E-state index contributed by atoms with van der Waals surface area (Å²) in [6.07, 6.45) is 0.716. The number of aliphatic hydroxyl groups is 3. The minimum absolute atomic E-state index is 0.00608. The van der Waals surface area contributed by atoms with Crippen molar-refractivity contribution in [2.75, 3.05) is 6.61 Å². The first-order valence-electron chi connectivity index (χ1n) is 13.0. The second-order valence-electron chi connectivity index (χ2n) is 12.9. The number of fused-ring (bicyclic) bond motifs is 5. The Kier molecular flexibility index (Phi) is 5.68. The van der Waals surface area contributed by atoms with Gasteiger partial charge in [-0.05, 0) is 34.8 Å². The van der Waals surface area contributed by atoms with E-state index in [4.69, 9.17) is 9.15 Å². The van der Waals surface area contributed by atoms with Crippen LogP contribution in [0.2, 0.25) is 0 Å². The van der Waals surface area contributed by atoms with E-state index in [1.54, 1.807) is 12.5 Å². The molecule has 0 amide bonds. The lowest BCUT2D eigenvalue weighted by atomic mass is 9.35. The molecule has 0 saturated heterocycles. The molecule has 1 aromatic heterocycles. The molecule has 4 aliphatic rings. The van der Waals surface area contributed by atoms with Gasteiger partial charge >= 0.3 is 5.97 Å². The number of carbonyl (C=O) groups excluding carboxylic acids is 3. The largest absolute Gasteiger partial charge is 0.472 e. The minimum atomic E-state index is -1.23. The molecule has 1 heterocycles. The summed E-state index contributed by atoms with van der Waals surface area (Å²) in [6.45, 7) is 8.61. The van der Waals surface area contributed by atoms with Gasteiger partial charge in [-0.3, -0.25) is 14.4 Å². The Balaban J connectivity index is 1.70. The third-order valence-corrected chi connectivity index (χ3v) is 11.0. The van der Waals surface area contributed by atoms with E-state index in [0.29, 0.717) is 0 Å². The van der Waals surface area contributed by atoms with E-state index in [1.807, 2.05) is 33.8 Å². The van der Waals surface area contributed by atoms with E-state index >= 15 is 0 Å².